The van der Waals surface area contributed by atoms with Crippen LogP contribution in [0.2, 0.25) is 5.02 Å². The van der Waals surface area contributed by atoms with Gasteiger partial charge in [-0.2, -0.15) is 10.1 Å². The van der Waals surface area contributed by atoms with Gasteiger partial charge in [0.2, 0.25) is 11.7 Å². The molecular formula is C23H23ClFN5O. The van der Waals surface area contributed by atoms with Crippen molar-refractivity contribution in [3.05, 3.63) is 87.8 Å². The first-order valence-electron chi connectivity index (χ1n) is 9.94. The van der Waals surface area contributed by atoms with E-state index in [-0.39, 0.29) is 5.82 Å². The van der Waals surface area contributed by atoms with Gasteiger partial charge in [0.05, 0.1) is 18.8 Å². The van der Waals surface area contributed by atoms with Crippen molar-refractivity contribution < 1.29 is 8.91 Å². The number of halogens is 2. The molecule has 0 spiro atoms. The van der Waals surface area contributed by atoms with Gasteiger partial charge < -0.3 is 4.52 Å². The van der Waals surface area contributed by atoms with E-state index in [4.69, 9.17) is 21.2 Å². The number of aromatic nitrogens is 4. The largest absolute Gasteiger partial charge is 0.338 e. The molecule has 8 heteroatoms. The number of hydrogen-bond donors (Lipinski definition) is 0. The second-order valence-electron chi connectivity index (χ2n) is 7.59. The fourth-order valence-corrected chi connectivity index (χ4v) is 3.69. The molecule has 4 rings (SSSR count). The van der Waals surface area contributed by atoms with Crippen LogP contribution in [0.3, 0.4) is 0 Å². The highest BCUT2D eigenvalue weighted by molar-refractivity contribution is 6.31. The minimum absolute atomic E-state index is 0.298. The molecule has 0 aliphatic carbocycles. The van der Waals surface area contributed by atoms with Gasteiger partial charge in [-0.05, 0) is 56.8 Å². The highest BCUT2D eigenvalue weighted by Gasteiger charge is 2.17. The quantitative estimate of drug-likeness (QED) is 0.404. The lowest BCUT2D eigenvalue weighted by molar-refractivity contribution is 0.260. The molecule has 0 N–H and O–H groups in total. The Balaban J connectivity index is 1.44. The number of benzene rings is 2. The van der Waals surface area contributed by atoms with Crippen molar-refractivity contribution in [1.29, 1.82) is 0 Å². The van der Waals surface area contributed by atoms with E-state index in [0.29, 0.717) is 36.9 Å². The summed E-state index contributed by atoms with van der Waals surface area (Å²) < 4.78 is 20.5. The topological polar surface area (TPSA) is 60.0 Å². The lowest BCUT2D eigenvalue weighted by Gasteiger charge is -2.14. The number of rotatable bonds is 7. The van der Waals surface area contributed by atoms with Gasteiger partial charge in [0.15, 0.2) is 0 Å². The molecule has 31 heavy (non-hydrogen) atoms. The minimum Gasteiger partial charge on any atom is -0.338 e. The SMILES string of the molecule is Cc1nn(Cc2ccccc2Cl)c(C)c1CN(C)Cc1nc(-c2ccc(F)cc2)no1. The summed E-state index contributed by atoms with van der Waals surface area (Å²) in [6, 6.07) is 13.8. The monoisotopic (exact) mass is 439 g/mol. The van der Waals surface area contributed by atoms with Crippen molar-refractivity contribution in [2.24, 2.45) is 0 Å². The fraction of sp³-hybridized carbons (Fsp3) is 0.261. The molecule has 6 nitrogen and oxygen atoms in total. The van der Waals surface area contributed by atoms with Crippen LogP contribution in [-0.2, 0) is 19.6 Å². The third-order valence-corrected chi connectivity index (χ3v) is 5.58. The van der Waals surface area contributed by atoms with Crippen molar-refractivity contribution in [1.82, 2.24) is 24.8 Å². The summed E-state index contributed by atoms with van der Waals surface area (Å²) in [7, 11) is 1.99. The maximum atomic E-state index is 13.1. The molecule has 0 aliphatic rings. The summed E-state index contributed by atoms with van der Waals surface area (Å²) in [6.45, 7) is 5.88. The average Bonchev–Trinajstić information content (AvgIpc) is 3.30. The highest BCUT2D eigenvalue weighted by atomic mass is 35.5. The van der Waals surface area contributed by atoms with E-state index in [9.17, 15) is 4.39 Å². The van der Waals surface area contributed by atoms with Crippen LogP contribution in [-0.4, -0.2) is 31.9 Å². The van der Waals surface area contributed by atoms with Crippen LogP contribution in [0.4, 0.5) is 4.39 Å². The van der Waals surface area contributed by atoms with E-state index in [1.165, 1.54) is 12.1 Å². The highest BCUT2D eigenvalue weighted by Crippen LogP contribution is 2.21. The van der Waals surface area contributed by atoms with Gasteiger partial charge >= 0.3 is 0 Å². The Morgan fingerprint density at radius 3 is 2.55 bits per heavy atom. The summed E-state index contributed by atoms with van der Waals surface area (Å²) in [6.07, 6.45) is 0. The fourth-order valence-electron chi connectivity index (χ4n) is 3.50. The average molecular weight is 440 g/mol. The molecule has 0 fully saturated rings. The van der Waals surface area contributed by atoms with Crippen molar-refractivity contribution in [3.8, 4) is 11.4 Å². The van der Waals surface area contributed by atoms with Crippen LogP contribution in [0.15, 0.2) is 53.1 Å². The number of aryl methyl sites for hydroxylation is 1. The molecule has 0 bridgehead atoms. The Bertz CT molecular complexity index is 1190. The van der Waals surface area contributed by atoms with Gasteiger partial charge in [-0.3, -0.25) is 9.58 Å². The molecule has 2 aromatic heterocycles. The molecule has 4 aromatic rings. The zero-order valence-corrected chi connectivity index (χ0v) is 18.4. The maximum absolute atomic E-state index is 13.1. The molecule has 0 aliphatic heterocycles. The zero-order chi connectivity index (χ0) is 22.0. The van der Waals surface area contributed by atoms with E-state index in [1.807, 2.05) is 42.9 Å². The molecule has 0 radical (unpaired) electrons. The molecule has 0 saturated carbocycles. The molecule has 0 saturated heterocycles. The summed E-state index contributed by atoms with van der Waals surface area (Å²) in [4.78, 5) is 6.53. The standard InChI is InChI=1S/C23H23ClFN5O/c1-15-20(16(2)30(27-15)12-18-6-4-5-7-21(18)24)13-29(3)14-22-26-23(28-31-22)17-8-10-19(25)11-9-17/h4-11H,12-14H2,1-3H3. The minimum atomic E-state index is -0.298. The zero-order valence-electron chi connectivity index (χ0n) is 17.6. The molecule has 2 heterocycles. The Morgan fingerprint density at radius 2 is 1.81 bits per heavy atom. The third kappa shape index (κ3) is 4.84. The summed E-state index contributed by atoms with van der Waals surface area (Å²) >= 11 is 6.31. The van der Waals surface area contributed by atoms with Gasteiger partial charge in [0.25, 0.3) is 0 Å². The Hall–Kier alpha value is -3.03. The van der Waals surface area contributed by atoms with Crippen LogP contribution in [0, 0.1) is 19.7 Å². The number of hydrogen-bond acceptors (Lipinski definition) is 5. The van der Waals surface area contributed by atoms with Crippen LogP contribution in [0.5, 0.6) is 0 Å². The van der Waals surface area contributed by atoms with Crippen molar-refractivity contribution in [3.63, 3.8) is 0 Å². The molecular weight excluding hydrogens is 417 g/mol. The predicted molar refractivity (Wildman–Crippen MR) is 117 cm³/mol. The van der Waals surface area contributed by atoms with Gasteiger partial charge in [-0.15, -0.1) is 0 Å². The van der Waals surface area contributed by atoms with E-state index in [2.05, 4.69) is 22.0 Å². The van der Waals surface area contributed by atoms with Gasteiger partial charge in [0.1, 0.15) is 5.82 Å². The van der Waals surface area contributed by atoms with E-state index in [0.717, 1.165) is 27.5 Å². The molecule has 0 amide bonds. The van der Waals surface area contributed by atoms with E-state index < -0.39 is 0 Å². The van der Waals surface area contributed by atoms with E-state index >= 15 is 0 Å². The van der Waals surface area contributed by atoms with Crippen LogP contribution < -0.4 is 0 Å². The first-order chi connectivity index (χ1) is 14.9. The smallest absolute Gasteiger partial charge is 0.241 e. The predicted octanol–water partition coefficient (Wildman–Crippen LogP) is 5.02. The molecule has 0 atom stereocenters. The molecule has 0 unspecified atom stereocenters. The van der Waals surface area contributed by atoms with Crippen LogP contribution in [0.1, 0.15) is 28.4 Å². The molecule has 160 valence electrons. The van der Waals surface area contributed by atoms with Gasteiger partial charge in [-0.1, -0.05) is 35.0 Å². The molecule has 2 aromatic carbocycles. The van der Waals surface area contributed by atoms with Crippen molar-refractivity contribution >= 4 is 11.6 Å². The van der Waals surface area contributed by atoms with Crippen molar-refractivity contribution in [2.75, 3.05) is 7.05 Å². The number of nitrogens with zero attached hydrogens (tertiary/aromatic N) is 5. The lowest BCUT2D eigenvalue weighted by Crippen LogP contribution is -2.18. The second-order valence-corrected chi connectivity index (χ2v) is 8.00. The van der Waals surface area contributed by atoms with Crippen LogP contribution >= 0.6 is 11.6 Å². The Kier molecular flexibility index (Phi) is 6.15. The third-order valence-electron chi connectivity index (χ3n) is 5.21. The van der Waals surface area contributed by atoms with Gasteiger partial charge in [0, 0.05) is 28.4 Å². The summed E-state index contributed by atoms with van der Waals surface area (Å²) in [5.74, 6) is 0.650. The first kappa shape index (κ1) is 21.2. The Morgan fingerprint density at radius 1 is 1.06 bits per heavy atom. The second kappa shape index (κ2) is 8.99. The van der Waals surface area contributed by atoms with Crippen LogP contribution in [0.25, 0.3) is 11.4 Å². The van der Waals surface area contributed by atoms with Gasteiger partial charge in [-0.25, -0.2) is 4.39 Å². The lowest BCUT2D eigenvalue weighted by atomic mass is 10.2. The summed E-state index contributed by atoms with van der Waals surface area (Å²) in [5, 5.41) is 9.45. The summed E-state index contributed by atoms with van der Waals surface area (Å²) in [5.41, 5.74) is 4.99. The van der Waals surface area contributed by atoms with Crippen molar-refractivity contribution in [2.45, 2.75) is 33.5 Å². The first-order valence-corrected chi connectivity index (χ1v) is 10.3. The van der Waals surface area contributed by atoms with E-state index in [1.54, 1.807) is 12.1 Å². The Labute approximate surface area is 185 Å². The maximum Gasteiger partial charge on any atom is 0.241 e. The normalized spacial score (nSPS) is 11.4.